The third kappa shape index (κ3) is 0.895. The van der Waals surface area contributed by atoms with Gasteiger partial charge in [-0.1, -0.05) is 6.07 Å². The van der Waals surface area contributed by atoms with Gasteiger partial charge >= 0.3 is 0 Å². The lowest BCUT2D eigenvalue weighted by atomic mass is 10.3. The summed E-state index contributed by atoms with van der Waals surface area (Å²) in [5, 5.41) is 1.79. The maximum Gasteiger partial charge on any atom is 0.272 e. The molecule has 1 heterocycles. The van der Waals surface area contributed by atoms with Gasteiger partial charge in [-0.25, -0.2) is 8.78 Å². The Morgan fingerprint density at radius 3 is 2.55 bits per heavy atom. The predicted octanol–water partition coefficient (Wildman–Crippen LogP) is 1.81. The first-order valence-corrected chi connectivity index (χ1v) is 4.19. The topological polar surface area (TPSA) is 26.0 Å². The molecule has 1 aromatic heterocycles. The third-order valence-electron chi connectivity index (χ3n) is 1.96. The van der Waals surface area contributed by atoms with Gasteiger partial charge in [0.25, 0.3) is 5.92 Å². The smallest absolute Gasteiger partial charge is 0.272 e. The number of hydrogen-bond acceptors (Lipinski definition) is 2. The first kappa shape index (κ1) is 7.18. The van der Waals surface area contributed by atoms with E-state index in [1.54, 1.807) is 17.5 Å². The molecule has 2 atom stereocenters. The van der Waals surface area contributed by atoms with Crippen LogP contribution in [0.15, 0.2) is 17.5 Å². The third-order valence-corrected chi connectivity index (χ3v) is 2.91. The second kappa shape index (κ2) is 2.01. The zero-order valence-corrected chi connectivity index (χ0v) is 6.44. The van der Waals surface area contributed by atoms with E-state index in [2.05, 4.69) is 0 Å². The zero-order chi connectivity index (χ0) is 8.06. The molecule has 2 rings (SSSR count). The van der Waals surface area contributed by atoms with Crippen LogP contribution in [0.4, 0.5) is 8.78 Å². The zero-order valence-electron chi connectivity index (χ0n) is 5.63. The summed E-state index contributed by atoms with van der Waals surface area (Å²) in [6.45, 7) is 0. The Balaban J connectivity index is 2.23. The number of alkyl halides is 2. The summed E-state index contributed by atoms with van der Waals surface area (Å²) in [5.41, 5.74) is 5.19. The summed E-state index contributed by atoms with van der Waals surface area (Å²) in [6, 6.07) is 2.51. The minimum Gasteiger partial charge on any atom is -0.322 e. The summed E-state index contributed by atoms with van der Waals surface area (Å²) in [7, 11) is 0. The van der Waals surface area contributed by atoms with Gasteiger partial charge in [0.2, 0.25) is 0 Å². The molecule has 1 nitrogen and oxygen atoms in total. The highest BCUT2D eigenvalue weighted by atomic mass is 32.1. The Morgan fingerprint density at radius 1 is 1.55 bits per heavy atom. The standard InChI is InChI=1S/C7H7F2NS/c8-7(9)5(6(7)10)4-2-1-3-11-4/h1-3,5-6H,10H2. The van der Waals surface area contributed by atoms with Gasteiger partial charge in [0.05, 0.1) is 12.0 Å². The molecule has 1 fully saturated rings. The first-order valence-electron chi connectivity index (χ1n) is 3.31. The molecule has 1 aliphatic rings. The van der Waals surface area contributed by atoms with E-state index in [0.29, 0.717) is 4.88 Å². The highest BCUT2D eigenvalue weighted by Crippen LogP contribution is 2.55. The van der Waals surface area contributed by atoms with Crippen molar-refractivity contribution in [1.29, 1.82) is 0 Å². The normalized spacial score (nSPS) is 33.7. The molecule has 1 aromatic rings. The second-order valence-corrected chi connectivity index (χ2v) is 3.67. The van der Waals surface area contributed by atoms with E-state index < -0.39 is 17.9 Å². The molecule has 1 aliphatic carbocycles. The van der Waals surface area contributed by atoms with Crippen LogP contribution in [-0.2, 0) is 0 Å². The molecule has 4 heteroatoms. The number of thiophene rings is 1. The SMILES string of the molecule is NC1C(c2cccs2)C1(F)F. The quantitative estimate of drug-likeness (QED) is 0.692. The summed E-state index contributed by atoms with van der Waals surface area (Å²) < 4.78 is 25.3. The van der Waals surface area contributed by atoms with E-state index in [4.69, 9.17) is 5.73 Å². The van der Waals surface area contributed by atoms with E-state index in [-0.39, 0.29) is 0 Å². The fourth-order valence-electron chi connectivity index (χ4n) is 1.19. The monoisotopic (exact) mass is 175 g/mol. The minimum atomic E-state index is -2.66. The van der Waals surface area contributed by atoms with Gasteiger partial charge in [-0.3, -0.25) is 0 Å². The Labute approximate surface area is 66.8 Å². The van der Waals surface area contributed by atoms with Crippen LogP contribution in [0.2, 0.25) is 0 Å². The Morgan fingerprint density at radius 2 is 2.18 bits per heavy atom. The van der Waals surface area contributed by atoms with E-state index in [9.17, 15) is 8.78 Å². The van der Waals surface area contributed by atoms with Crippen LogP contribution < -0.4 is 5.73 Å². The number of rotatable bonds is 1. The summed E-state index contributed by atoms with van der Waals surface area (Å²) in [4.78, 5) is 0.697. The molecule has 0 saturated heterocycles. The molecule has 0 aromatic carbocycles. The van der Waals surface area contributed by atoms with E-state index >= 15 is 0 Å². The average molecular weight is 175 g/mol. The fourth-order valence-corrected chi connectivity index (χ4v) is 2.11. The molecule has 0 amide bonds. The van der Waals surface area contributed by atoms with Crippen molar-refractivity contribution in [3.8, 4) is 0 Å². The van der Waals surface area contributed by atoms with Gasteiger partial charge in [-0.2, -0.15) is 0 Å². The van der Waals surface area contributed by atoms with Crippen LogP contribution in [0.3, 0.4) is 0 Å². The van der Waals surface area contributed by atoms with Gasteiger partial charge in [0, 0.05) is 4.88 Å². The lowest BCUT2D eigenvalue weighted by Gasteiger charge is -1.89. The summed E-state index contributed by atoms with van der Waals surface area (Å²) >= 11 is 1.34. The van der Waals surface area contributed by atoms with Crippen LogP contribution in [0.25, 0.3) is 0 Å². The Bertz CT molecular complexity index is 257. The molecule has 2 unspecified atom stereocenters. The minimum absolute atomic E-state index is 0.697. The van der Waals surface area contributed by atoms with Crippen LogP contribution in [-0.4, -0.2) is 12.0 Å². The molecule has 0 spiro atoms. The fraction of sp³-hybridized carbons (Fsp3) is 0.429. The molecular weight excluding hydrogens is 168 g/mol. The van der Waals surface area contributed by atoms with E-state index in [1.807, 2.05) is 0 Å². The van der Waals surface area contributed by atoms with Crippen molar-refractivity contribution in [2.75, 3.05) is 0 Å². The molecule has 2 N–H and O–H groups in total. The molecule has 60 valence electrons. The van der Waals surface area contributed by atoms with Crippen molar-refractivity contribution < 1.29 is 8.78 Å². The average Bonchev–Trinajstić information content (AvgIpc) is 2.40. The van der Waals surface area contributed by atoms with Crippen molar-refractivity contribution in [3.63, 3.8) is 0 Å². The summed E-state index contributed by atoms with van der Waals surface area (Å²) in [6.07, 6.45) is 0. The highest BCUT2D eigenvalue weighted by molar-refractivity contribution is 7.10. The van der Waals surface area contributed by atoms with Gasteiger partial charge in [-0.15, -0.1) is 11.3 Å². The lowest BCUT2D eigenvalue weighted by Crippen LogP contribution is -2.08. The van der Waals surface area contributed by atoms with Crippen molar-refractivity contribution in [3.05, 3.63) is 22.4 Å². The largest absolute Gasteiger partial charge is 0.322 e. The van der Waals surface area contributed by atoms with Crippen molar-refractivity contribution in [2.45, 2.75) is 17.9 Å². The molecule has 0 bridgehead atoms. The summed E-state index contributed by atoms with van der Waals surface area (Å²) in [5.74, 6) is -3.38. The van der Waals surface area contributed by atoms with Crippen molar-refractivity contribution in [1.82, 2.24) is 0 Å². The first-order chi connectivity index (χ1) is 5.14. The van der Waals surface area contributed by atoms with Crippen molar-refractivity contribution >= 4 is 11.3 Å². The molecule has 1 saturated carbocycles. The van der Waals surface area contributed by atoms with Crippen molar-refractivity contribution in [2.24, 2.45) is 5.73 Å². The number of hydrogen-bond donors (Lipinski definition) is 1. The Kier molecular flexibility index (Phi) is 1.32. The molecule has 11 heavy (non-hydrogen) atoms. The van der Waals surface area contributed by atoms with Gasteiger partial charge in [0.15, 0.2) is 0 Å². The van der Waals surface area contributed by atoms with Gasteiger partial charge in [0.1, 0.15) is 0 Å². The van der Waals surface area contributed by atoms with Crippen LogP contribution >= 0.6 is 11.3 Å². The molecule has 0 radical (unpaired) electrons. The Hall–Kier alpha value is -0.480. The lowest BCUT2D eigenvalue weighted by molar-refractivity contribution is 0.106. The van der Waals surface area contributed by atoms with E-state index in [1.165, 1.54) is 11.3 Å². The van der Waals surface area contributed by atoms with E-state index in [0.717, 1.165) is 0 Å². The maximum absolute atomic E-state index is 12.6. The highest BCUT2D eigenvalue weighted by Gasteiger charge is 2.67. The van der Waals surface area contributed by atoms with Crippen LogP contribution in [0.5, 0.6) is 0 Å². The number of nitrogens with two attached hydrogens (primary N) is 1. The van der Waals surface area contributed by atoms with Crippen LogP contribution in [0, 0.1) is 0 Å². The van der Waals surface area contributed by atoms with Gasteiger partial charge < -0.3 is 5.73 Å². The second-order valence-electron chi connectivity index (χ2n) is 2.69. The number of halogens is 2. The maximum atomic E-state index is 12.6. The molecular formula is C7H7F2NS. The van der Waals surface area contributed by atoms with Gasteiger partial charge in [-0.05, 0) is 11.4 Å². The predicted molar refractivity (Wildman–Crippen MR) is 40.0 cm³/mol. The van der Waals surface area contributed by atoms with Crippen LogP contribution in [0.1, 0.15) is 10.8 Å². The molecule has 0 aliphatic heterocycles.